The van der Waals surface area contributed by atoms with E-state index in [9.17, 15) is 5.11 Å². The van der Waals surface area contributed by atoms with Crippen LogP contribution in [0.1, 0.15) is 26.2 Å². The average Bonchev–Trinajstić information content (AvgIpc) is 2.51. The third-order valence-electron chi connectivity index (χ3n) is 5.24. The van der Waals surface area contributed by atoms with E-state index >= 15 is 0 Å². The highest BCUT2D eigenvalue weighted by molar-refractivity contribution is 4.95. The van der Waals surface area contributed by atoms with Gasteiger partial charge in [-0.1, -0.05) is 19.8 Å². The second-order valence-electron chi connectivity index (χ2n) is 6.43. The van der Waals surface area contributed by atoms with Gasteiger partial charge in [0.05, 0.1) is 43.6 Å². The van der Waals surface area contributed by atoms with Crippen molar-refractivity contribution < 1.29 is 14.9 Å². The van der Waals surface area contributed by atoms with E-state index in [1.54, 1.807) is 9.80 Å². The Kier molecular flexibility index (Phi) is 2.73. The predicted octanol–water partition coefficient (Wildman–Crippen LogP) is -2.05. The maximum Gasteiger partial charge on any atom is 0.127 e. The van der Waals surface area contributed by atoms with Crippen LogP contribution in [0, 0.1) is 11.3 Å². The zero-order valence-electron chi connectivity index (χ0n) is 10.5. The van der Waals surface area contributed by atoms with Gasteiger partial charge in [0.25, 0.3) is 0 Å². The second kappa shape index (κ2) is 3.97. The molecule has 0 radical (unpaired) electrons. The van der Waals surface area contributed by atoms with Crippen molar-refractivity contribution >= 4 is 0 Å². The molecule has 3 heteroatoms. The SMILES string of the molecule is CCCCC12C[NH+]3CC[NH+](CC(C3)[C@@H]1O)C2. The molecule has 16 heavy (non-hydrogen) atoms. The summed E-state index contributed by atoms with van der Waals surface area (Å²) in [7, 11) is 0. The van der Waals surface area contributed by atoms with E-state index in [1.807, 2.05) is 0 Å². The highest BCUT2D eigenvalue weighted by atomic mass is 16.3. The van der Waals surface area contributed by atoms with Crippen LogP contribution in [0.2, 0.25) is 0 Å². The Labute approximate surface area is 98.4 Å². The van der Waals surface area contributed by atoms with E-state index in [2.05, 4.69) is 6.92 Å². The summed E-state index contributed by atoms with van der Waals surface area (Å²) < 4.78 is 0. The molecule has 92 valence electrons. The molecule has 0 aliphatic carbocycles. The first-order chi connectivity index (χ1) is 7.73. The summed E-state index contributed by atoms with van der Waals surface area (Å²) in [5, 5.41) is 10.6. The minimum absolute atomic E-state index is 0.00431. The van der Waals surface area contributed by atoms with Crippen LogP contribution in [-0.2, 0) is 0 Å². The Morgan fingerprint density at radius 2 is 1.81 bits per heavy atom. The molecule has 4 rings (SSSR count). The van der Waals surface area contributed by atoms with Gasteiger partial charge in [-0.3, -0.25) is 0 Å². The summed E-state index contributed by atoms with van der Waals surface area (Å²) in [6, 6.07) is 0. The first-order valence-electron chi connectivity index (χ1n) is 7.09. The second-order valence-corrected chi connectivity index (χ2v) is 6.43. The van der Waals surface area contributed by atoms with Gasteiger partial charge in [-0.15, -0.1) is 0 Å². The summed E-state index contributed by atoms with van der Waals surface area (Å²) in [5.74, 6) is 0.590. The number of hydrogen-bond donors (Lipinski definition) is 3. The Bertz CT molecular complexity index is 253. The summed E-state index contributed by atoms with van der Waals surface area (Å²) in [6.07, 6.45) is 3.83. The molecule has 4 saturated heterocycles. The van der Waals surface area contributed by atoms with Gasteiger partial charge in [-0.25, -0.2) is 0 Å². The Morgan fingerprint density at radius 3 is 2.38 bits per heavy atom. The summed E-state index contributed by atoms with van der Waals surface area (Å²) >= 11 is 0. The number of aliphatic hydroxyl groups excluding tert-OH is 1. The third-order valence-corrected chi connectivity index (χ3v) is 5.24. The fourth-order valence-electron chi connectivity index (χ4n) is 4.54. The zero-order chi connectivity index (χ0) is 11.2. The number of quaternary nitrogens is 2. The molecule has 3 nitrogen and oxygen atoms in total. The van der Waals surface area contributed by atoms with Gasteiger partial charge in [0.15, 0.2) is 0 Å². The highest BCUT2D eigenvalue weighted by Gasteiger charge is 2.58. The third kappa shape index (κ3) is 1.60. The first-order valence-corrected chi connectivity index (χ1v) is 7.09. The molecular formula is C13H26N2O+2. The molecule has 0 aromatic heterocycles. The molecule has 4 fully saturated rings. The number of rotatable bonds is 3. The van der Waals surface area contributed by atoms with Crippen LogP contribution in [-0.4, -0.2) is 50.5 Å². The Morgan fingerprint density at radius 1 is 1.19 bits per heavy atom. The number of unbranched alkanes of at least 4 members (excludes halogenated alkanes) is 1. The van der Waals surface area contributed by atoms with E-state index in [-0.39, 0.29) is 11.5 Å². The number of aliphatic hydroxyl groups is 1. The fourth-order valence-corrected chi connectivity index (χ4v) is 4.54. The van der Waals surface area contributed by atoms with Crippen LogP contribution in [0.5, 0.6) is 0 Å². The van der Waals surface area contributed by atoms with Crippen LogP contribution in [0.15, 0.2) is 0 Å². The van der Waals surface area contributed by atoms with Crippen molar-refractivity contribution in [2.75, 3.05) is 39.3 Å². The Balaban J connectivity index is 1.85. The monoisotopic (exact) mass is 226 g/mol. The van der Waals surface area contributed by atoms with Crippen molar-refractivity contribution in [2.24, 2.45) is 11.3 Å². The van der Waals surface area contributed by atoms with E-state index in [0.29, 0.717) is 5.92 Å². The molecule has 4 aliphatic heterocycles. The lowest BCUT2D eigenvalue weighted by atomic mass is 9.67. The molecule has 0 spiro atoms. The lowest BCUT2D eigenvalue weighted by Crippen LogP contribution is -3.17. The number of piperidine rings is 2. The fraction of sp³-hybridized carbons (Fsp3) is 1.00. The number of nitrogens with one attached hydrogen (secondary N) is 2. The first kappa shape index (κ1) is 11.0. The van der Waals surface area contributed by atoms with Gasteiger partial charge in [0, 0.05) is 0 Å². The molecule has 0 saturated carbocycles. The number of hydrogen-bond acceptors (Lipinski definition) is 1. The minimum atomic E-state index is 0.00431. The van der Waals surface area contributed by atoms with Gasteiger partial charge in [-0.05, 0) is 6.42 Å². The van der Waals surface area contributed by atoms with Gasteiger partial charge in [0.1, 0.15) is 13.1 Å². The maximum absolute atomic E-state index is 10.6. The zero-order valence-corrected chi connectivity index (χ0v) is 10.5. The van der Waals surface area contributed by atoms with Gasteiger partial charge in [-0.2, -0.15) is 0 Å². The maximum atomic E-state index is 10.6. The summed E-state index contributed by atoms with van der Waals surface area (Å²) in [5.41, 5.74) is 0.276. The standard InChI is InChI=1S/C13H24N2O/c1-2-3-4-13-9-14-5-6-15(10-13)8-11(7-14)12(13)16/h11-12,16H,2-10H2,1H3/p+2/t11?,12-,13?/m0/s1. The van der Waals surface area contributed by atoms with Crippen molar-refractivity contribution in [1.29, 1.82) is 0 Å². The van der Waals surface area contributed by atoms with Crippen LogP contribution in [0.3, 0.4) is 0 Å². The number of fused-ring (bicyclic) bond motifs is 1. The van der Waals surface area contributed by atoms with Gasteiger partial charge >= 0.3 is 0 Å². The molecule has 0 amide bonds. The molecule has 4 heterocycles. The van der Waals surface area contributed by atoms with Crippen LogP contribution in [0.25, 0.3) is 0 Å². The predicted molar refractivity (Wildman–Crippen MR) is 62.6 cm³/mol. The Hall–Kier alpha value is -0.120. The van der Waals surface area contributed by atoms with Crippen molar-refractivity contribution in [3.05, 3.63) is 0 Å². The molecule has 4 bridgehead atoms. The average molecular weight is 226 g/mol. The van der Waals surface area contributed by atoms with E-state index in [0.717, 1.165) is 0 Å². The molecule has 4 aliphatic rings. The molecule has 3 atom stereocenters. The smallest absolute Gasteiger partial charge is 0.127 e. The van der Waals surface area contributed by atoms with Crippen LogP contribution in [0.4, 0.5) is 0 Å². The van der Waals surface area contributed by atoms with Crippen molar-refractivity contribution in [3.63, 3.8) is 0 Å². The molecular weight excluding hydrogens is 200 g/mol. The minimum Gasteiger partial charge on any atom is -0.391 e. The normalized spacial score (nSPS) is 50.6. The summed E-state index contributed by atoms with van der Waals surface area (Å²) in [4.78, 5) is 3.55. The van der Waals surface area contributed by atoms with Gasteiger partial charge < -0.3 is 14.9 Å². The molecule has 3 N–H and O–H groups in total. The summed E-state index contributed by atoms with van der Waals surface area (Å²) in [6.45, 7) is 9.90. The lowest BCUT2D eigenvalue weighted by molar-refractivity contribution is -0.918. The topological polar surface area (TPSA) is 29.1 Å². The van der Waals surface area contributed by atoms with Crippen LogP contribution < -0.4 is 9.80 Å². The van der Waals surface area contributed by atoms with Crippen molar-refractivity contribution in [1.82, 2.24) is 0 Å². The van der Waals surface area contributed by atoms with E-state index in [4.69, 9.17) is 0 Å². The van der Waals surface area contributed by atoms with Crippen molar-refractivity contribution in [2.45, 2.75) is 32.3 Å². The molecule has 0 aromatic rings. The highest BCUT2D eigenvalue weighted by Crippen LogP contribution is 2.34. The van der Waals surface area contributed by atoms with Crippen molar-refractivity contribution in [3.8, 4) is 0 Å². The largest absolute Gasteiger partial charge is 0.391 e. The van der Waals surface area contributed by atoms with E-state index < -0.39 is 0 Å². The van der Waals surface area contributed by atoms with Gasteiger partial charge in [0.2, 0.25) is 0 Å². The molecule has 2 unspecified atom stereocenters. The van der Waals surface area contributed by atoms with E-state index in [1.165, 1.54) is 58.5 Å². The lowest BCUT2D eigenvalue weighted by Gasteiger charge is -2.49. The quantitative estimate of drug-likeness (QED) is 0.508. The molecule has 0 aromatic carbocycles. The van der Waals surface area contributed by atoms with Crippen LogP contribution >= 0.6 is 0 Å².